The van der Waals surface area contributed by atoms with E-state index < -0.39 is 15.0 Å². The monoisotopic (exact) mass is 808 g/mol. The van der Waals surface area contributed by atoms with Crippen molar-refractivity contribution >= 4 is 27.6 Å². The van der Waals surface area contributed by atoms with E-state index in [0.29, 0.717) is 44.5 Å². The second-order valence-corrected chi connectivity index (χ2v) is 17.8. The van der Waals surface area contributed by atoms with Gasteiger partial charge in [0.2, 0.25) is 5.69 Å². The van der Waals surface area contributed by atoms with Crippen LogP contribution in [-0.2, 0) is 47.6 Å². The third-order valence-electron chi connectivity index (χ3n) is 11.9. The topological polar surface area (TPSA) is 159 Å². The molecule has 59 heavy (non-hydrogen) atoms. The van der Waals surface area contributed by atoms with Crippen LogP contribution in [0.1, 0.15) is 86.2 Å². The summed E-state index contributed by atoms with van der Waals surface area (Å²) in [5, 5.41) is 58.7. The van der Waals surface area contributed by atoms with Crippen molar-refractivity contribution in [3.63, 3.8) is 0 Å². The van der Waals surface area contributed by atoms with Crippen molar-refractivity contribution in [2.75, 3.05) is 7.05 Å². The quantitative estimate of drug-likeness (QED) is 0.0764. The Balaban J connectivity index is 1.32. The number of nitrogens with zero attached hydrogens (tertiary/aromatic N) is 1. The maximum absolute atomic E-state index is 12.5. The van der Waals surface area contributed by atoms with Crippen LogP contribution in [0.2, 0.25) is 0 Å². The second-order valence-electron chi connectivity index (χ2n) is 16.3. The van der Waals surface area contributed by atoms with Crippen LogP contribution in [0.3, 0.4) is 0 Å². The second kappa shape index (κ2) is 14.8. The molecule has 0 spiro atoms. The first-order chi connectivity index (χ1) is 28.0. The van der Waals surface area contributed by atoms with Gasteiger partial charge in [-0.15, -0.1) is 0 Å². The highest BCUT2D eigenvalue weighted by Gasteiger charge is 2.42. The van der Waals surface area contributed by atoms with Crippen LogP contribution in [0, 0.1) is 6.92 Å². The molecule has 9 nitrogen and oxygen atoms in total. The standard InChI is InChI=1S/C49H45NO8S/c1-28-17-34-24-37-20-29(15-16-43-49(2,3)41-13-5-6-14-42(41)50(43)4)19-36(47(37)54)22-32-11-7-9-30(44(32)51)21-31-10-8-12-33(45(31)52)23-38-26-40(59(56,57)58)27-39(48(38)55)25-35(18-28)46(34)53/h5-20,26-27H,21-25H2,1-4H3,(H5,51,52,53,55,56,57,58)/p+1. The molecule has 0 amide bonds. The molecule has 10 heteroatoms. The van der Waals surface area contributed by atoms with Crippen molar-refractivity contribution in [1.82, 2.24) is 0 Å². The fourth-order valence-electron chi connectivity index (χ4n) is 8.87. The lowest BCUT2D eigenvalue weighted by Crippen LogP contribution is -2.26. The number of aryl methyl sites for hydroxylation is 1. The van der Waals surface area contributed by atoms with Crippen LogP contribution in [0.4, 0.5) is 5.69 Å². The van der Waals surface area contributed by atoms with Gasteiger partial charge in [0.25, 0.3) is 10.1 Å². The van der Waals surface area contributed by atoms with Gasteiger partial charge in [0.05, 0.1) is 10.3 Å². The Labute approximate surface area is 343 Å². The van der Waals surface area contributed by atoms with E-state index in [1.807, 2.05) is 56.4 Å². The minimum atomic E-state index is -4.72. The molecule has 1 aliphatic carbocycles. The summed E-state index contributed by atoms with van der Waals surface area (Å²) < 4.78 is 37.4. The van der Waals surface area contributed by atoms with Crippen molar-refractivity contribution in [2.45, 2.75) is 63.2 Å². The van der Waals surface area contributed by atoms with Crippen molar-refractivity contribution < 1.29 is 43.1 Å². The summed E-state index contributed by atoms with van der Waals surface area (Å²) in [6.07, 6.45) is 4.40. The number of aromatic hydroxyl groups is 5. The largest absolute Gasteiger partial charge is 0.507 e. The van der Waals surface area contributed by atoms with Crippen molar-refractivity contribution in [3.05, 3.63) is 175 Å². The number of benzene rings is 6. The predicted molar refractivity (Wildman–Crippen MR) is 228 cm³/mol. The lowest BCUT2D eigenvalue weighted by Gasteiger charge is -2.18. The number of rotatable bonds is 3. The average Bonchev–Trinajstić information content (AvgIpc) is 3.38. The van der Waals surface area contributed by atoms with E-state index in [-0.39, 0.29) is 77.4 Å². The first-order valence-electron chi connectivity index (χ1n) is 19.5. The van der Waals surface area contributed by atoms with E-state index in [1.54, 1.807) is 36.4 Å². The van der Waals surface area contributed by atoms with Gasteiger partial charge in [-0.05, 0) is 101 Å². The number of allylic oxidation sites excluding steroid dienone is 1. The van der Waals surface area contributed by atoms with Gasteiger partial charge < -0.3 is 25.5 Å². The van der Waals surface area contributed by atoms with E-state index in [2.05, 4.69) is 36.6 Å². The van der Waals surface area contributed by atoms with Crippen LogP contribution in [0.5, 0.6) is 28.7 Å². The summed E-state index contributed by atoms with van der Waals surface area (Å²) >= 11 is 0. The van der Waals surface area contributed by atoms with Crippen molar-refractivity contribution in [3.8, 4) is 28.7 Å². The number of fused-ring (bicyclic) bond motifs is 11. The maximum Gasteiger partial charge on any atom is 0.294 e. The predicted octanol–water partition coefficient (Wildman–Crippen LogP) is 8.76. The Morgan fingerprint density at radius 2 is 0.932 bits per heavy atom. The van der Waals surface area contributed by atoms with Crippen LogP contribution >= 0.6 is 0 Å². The third-order valence-corrected chi connectivity index (χ3v) is 12.8. The fraction of sp³-hybridized carbons (Fsp3) is 0.204. The maximum atomic E-state index is 12.5. The number of hydrogen-bond acceptors (Lipinski definition) is 7. The molecule has 0 aromatic heterocycles. The highest BCUT2D eigenvalue weighted by molar-refractivity contribution is 7.85. The molecule has 6 aromatic rings. The van der Waals surface area contributed by atoms with Crippen LogP contribution in [-0.4, -0.2) is 55.8 Å². The van der Waals surface area contributed by atoms with Gasteiger partial charge in [-0.25, -0.2) is 0 Å². The molecule has 6 aromatic carbocycles. The Hall–Kier alpha value is -6.36. The summed E-state index contributed by atoms with van der Waals surface area (Å²) in [6, 6.07) is 28.5. The van der Waals surface area contributed by atoms with E-state index >= 15 is 0 Å². The molecule has 2 aliphatic rings. The van der Waals surface area contributed by atoms with Gasteiger partial charge in [0.1, 0.15) is 35.8 Å². The molecule has 0 fully saturated rings. The lowest BCUT2D eigenvalue weighted by atomic mass is 9.81. The van der Waals surface area contributed by atoms with E-state index in [9.17, 15) is 38.5 Å². The lowest BCUT2D eigenvalue weighted by molar-refractivity contribution is -0.401. The molecule has 10 bridgehead atoms. The summed E-state index contributed by atoms with van der Waals surface area (Å²) in [5.41, 5.74) is 9.00. The zero-order valence-corrected chi connectivity index (χ0v) is 34.1. The summed E-state index contributed by atoms with van der Waals surface area (Å²) in [7, 11) is -2.67. The minimum absolute atomic E-state index is 0.00988. The Bertz CT molecular complexity index is 2890. The van der Waals surface area contributed by atoms with Gasteiger partial charge in [-0.1, -0.05) is 72.3 Å². The first-order valence-corrected chi connectivity index (χ1v) is 20.9. The van der Waals surface area contributed by atoms with Crippen LogP contribution in [0.25, 0.3) is 6.08 Å². The van der Waals surface area contributed by atoms with Gasteiger partial charge in [-0.2, -0.15) is 13.0 Å². The van der Waals surface area contributed by atoms with E-state index in [4.69, 9.17) is 0 Å². The van der Waals surface area contributed by atoms with E-state index in [0.717, 1.165) is 22.5 Å². The van der Waals surface area contributed by atoms with Crippen molar-refractivity contribution in [2.24, 2.45) is 0 Å². The molecule has 0 atom stereocenters. The summed E-state index contributed by atoms with van der Waals surface area (Å²) in [4.78, 5) is -0.441. The normalized spacial score (nSPS) is 15.0. The molecule has 8 rings (SSSR count). The number of hydrogen-bond donors (Lipinski definition) is 6. The molecule has 0 saturated heterocycles. The Kier molecular flexibility index (Phi) is 9.89. The number of phenolic OH excluding ortho intramolecular Hbond substituents is 5. The summed E-state index contributed by atoms with van der Waals surface area (Å²) in [5.74, 6) is -0.410. The SMILES string of the molecule is Cc1cc2c(O)c(c1)Cc1cc(S(=O)(=O)O)cc(c1O)Cc1cccc(c1O)Cc1cccc(c1O)Cc1cc(/C=C/C3=[N+](C)c4ccccc4C3(C)C)cc(c1O)C2. The molecular weight excluding hydrogens is 763 g/mol. The van der Waals surface area contributed by atoms with Gasteiger partial charge >= 0.3 is 0 Å². The zero-order chi connectivity index (χ0) is 42.0. The highest BCUT2D eigenvalue weighted by atomic mass is 32.2. The number of phenols is 5. The molecule has 0 radical (unpaired) electrons. The molecule has 1 aliphatic heterocycles. The molecule has 6 N–H and O–H groups in total. The van der Waals surface area contributed by atoms with Gasteiger partial charge in [0.15, 0.2) is 5.71 Å². The summed E-state index contributed by atoms with van der Waals surface area (Å²) in [6.45, 7) is 6.24. The van der Waals surface area contributed by atoms with E-state index in [1.165, 1.54) is 17.7 Å². The molecule has 1 heterocycles. The fourth-order valence-corrected chi connectivity index (χ4v) is 9.45. The third kappa shape index (κ3) is 7.34. The first kappa shape index (κ1) is 39.5. The Morgan fingerprint density at radius 3 is 1.39 bits per heavy atom. The van der Waals surface area contributed by atoms with Gasteiger partial charge in [0, 0.05) is 60.9 Å². The Morgan fingerprint density at radius 1 is 0.542 bits per heavy atom. The minimum Gasteiger partial charge on any atom is -0.507 e. The molecule has 300 valence electrons. The zero-order valence-electron chi connectivity index (χ0n) is 33.3. The average molecular weight is 809 g/mol. The smallest absolute Gasteiger partial charge is 0.294 e. The van der Waals surface area contributed by atoms with Gasteiger partial charge in [-0.3, -0.25) is 4.55 Å². The van der Waals surface area contributed by atoms with Crippen LogP contribution in [0.15, 0.2) is 108 Å². The van der Waals surface area contributed by atoms with Crippen LogP contribution < -0.4 is 0 Å². The van der Waals surface area contributed by atoms with Crippen molar-refractivity contribution in [1.29, 1.82) is 0 Å². The highest BCUT2D eigenvalue weighted by Crippen LogP contribution is 2.41. The molecular formula is C49H46NO8S+. The molecule has 0 saturated carbocycles. The molecule has 0 unspecified atom stereocenters. The number of para-hydroxylation sites is 3.